The van der Waals surface area contributed by atoms with Crippen LogP contribution in [0, 0.1) is 12.3 Å². The van der Waals surface area contributed by atoms with E-state index in [0.717, 1.165) is 12.2 Å². The smallest absolute Gasteiger partial charge is 0.329 e. The molecule has 0 radical (unpaired) electrons. The standard InChI is InChI=1S/C11H16N2O3S/c1-2-7-17-8-6-12-10(16)13-11(9(14)15)4-3-5-11/h1H,3-8H2,(H,14,15)(H2,12,13,16). The van der Waals surface area contributed by atoms with Crippen LogP contribution in [0.15, 0.2) is 0 Å². The van der Waals surface area contributed by atoms with E-state index in [-0.39, 0.29) is 0 Å². The Hall–Kier alpha value is -1.35. The van der Waals surface area contributed by atoms with E-state index < -0.39 is 17.5 Å². The quantitative estimate of drug-likeness (QED) is 0.482. The molecule has 5 nitrogen and oxygen atoms in total. The maximum absolute atomic E-state index is 11.5. The molecule has 0 aromatic rings. The molecule has 17 heavy (non-hydrogen) atoms. The molecule has 2 amide bonds. The monoisotopic (exact) mass is 256 g/mol. The third-order valence-electron chi connectivity index (χ3n) is 2.69. The Bertz CT molecular complexity index is 334. The summed E-state index contributed by atoms with van der Waals surface area (Å²) in [6.07, 6.45) is 6.92. The molecule has 1 fully saturated rings. The van der Waals surface area contributed by atoms with Gasteiger partial charge in [0.15, 0.2) is 0 Å². The molecule has 0 aromatic carbocycles. The molecule has 1 rings (SSSR count). The highest BCUT2D eigenvalue weighted by molar-refractivity contribution is 7.99. The predicted molar refractivity (Wildman–Crippen MR) is 66.9 cm³/mol. The molecule has 0 bridgehead atoms. The Labute approximate surface area is 105 Å². The first-order valence-corrected chi connectivity index (χ1v) is 6.57. The molecule has 0 heterocycles. The third kappa shape index (κ3) is 3.86. The van der Waals surface area contributed by atoms with E-state index in [0.29, 0.717) is 25.1 Å². The molecule has 0 unspecified atom stereocenters. The number of aliphatic carboxylic acids is 1. The summed E-state index contributed by atoms with van der Waals surface area (Å²) < 4.78 is 0. The van der Waals surface area contributed by atoms with Crippen LogP contribution >= 0.6 is 11.8 Å². The lowest BCUT2D eigenvalue weighted by Gasteiger charge is -2.38. The summed E-state index contributed by atoms with van der Waals surface area (Å²) in [6, 6.07) is -0.423. The van der Waals surface area contributed by atoms with Crippen LogP contribution in [0.2, 0.25) is 0 Å². The topological polar surface area (TPSA) is 78.4 Å². The van der Waals surface area contributed by atoms with E-state index in [1.807, 2.05) is 0 Å². The largest absolute Gasteiger partial charge is 0.480 e. The molecule has 1 saturated carbocycles. The van der Waals surface area contributed by atoms with Crippen molar-refractivity contribution >= 4 is 23.8 Å². The second-order valence-electron chi connectivity index (χ2n) is 3.88. The minimum atomic E-state index is -1.05. The average Bonchev–Trinajstić information content (AvgIpc) is 2.22. The SMILES string of the molecule is C#CCSCCNC(=O)NC1(C(=O)O)CCC1. The highest BCUT2D eigenvalue weighted by Gasteiger charge is 2.45. The van der Waals surface area contributed by atoms with Crippen molar-refractivity contribution in [3.63, 3.8) is 0 Å². The summed E-state index contributed by atoms with van der Waals surface area (Å²) in [5.74, 6) is 2.86. The Morgan fingerprint density at radius 2 is 2.18 bits per heavy atom. The van der Waals surface area contributed by atoms with Gasteiger partial charge in [-0.15, -0.1) is 18.2 Å². The van der Waals surface area contributed by atoms with Gasteiger partial charge in [0.2, 0.25) is 0 Å². The first kappa shape index (κ1) is 13.7. The summed E-state index contributed by atoms with van der Waals surface area (Å²) >= 11 is 1.54. The Morgan fingerprint density at radius 1 is 1.47 bits per heavy atom. The number of urea groups is 1. The van der Waals surface area contributed by atoms with Crippen LogP contribution < -0.4 is 10.6 Å². The predicted octanol–water partition coefficient (Wildman–Crippen LogP) is 0.659. The van der Waals surface area contributed by atoms with Crippen LogP contribution in [0.25, 0.3) is 0 Å². The van der Waals surface area contributed by atoms with E-state index >= 15 is 0 Å². The number of hydrogen-bond donors (Lipinski definition) is 3. The number of nitrogens with one attached hydrogen (secondary N) is 2. The Morgan fingerprint density at radius 3 is 2.65 bits per heavy atom. The zero-order valence-electron chi connectivity index (χ0n) is 9.49. The van der Waals surface area contributed by atoms with Gasteiger partial charge < -0.3 is 15.7 Å². The fraction of sp³-hybridized carbons (Fsp3) is 0.636. The Balaban J connectivity index is 2.21. The second-order valence-corrected chi connectivity index (χ2v) is 4.98. The number of terminal acetylenes is 1. The molecule has 0 aliphatic heterocycles. The first-order chi connectivity index (χ1) is 8.10. The van der Waals surface area contributed by atoms with Gasteiger partial charge >= 0.3 is 12.0 Å². The number of carbonyl (C=O) groups excluding carboxylic acids is 1. The number of amides is 2. The zero-order chi connectivity index (χ0) is 12.7. The molecule has 3 N–H and O–H groups in total. The van der Waals surface area contributed by atoms with Crippen LogP contribution in [0.3, 0.4) is 0 Å². The zero-order valence-corrected chi connectivity index (χ0v) is 10.3. The molecular formula is C11H16N2O3S. The summed E-state index contributed by atoms with van der Waals surface area (Å²) in [7, 11) is 0. The number of carbonyl (C=O) groups is 2. The fourth-order valence-corrected chi connectivity index (χ4v) is 2.06. The fourth-order valence-electron chi connectivity index (χ4n) is 1.55. The van der Waals surface area contributed by atoms with Gasteiger partial charge in [-0.25, -0.2) is 9.59 Å². The summed E-state index contributed by atoms with van der Waals surface area (Å²) in [5, 5.41) is 14.1. The van der Waals surface area contributed by atoms with Gasteiger partial charge in [0.1, 0.15) is 5.54 Å². The molecule has 0 spiro atoms. The minimum Gasteiger partial charge on any atom is -0.480 e. The molecule has 0 saturated heterocycles. The first-order valence-electron chi connectivity index (χ1n) is 5.41. The van der Waals surface area contributed by atoms with Crippen LogP contribution in [0.4, 0.5) is 4.79 Å². The van der Waals surface area contributed by atoms with Crippen LogP contribution in [-0.2, 0) is 4.79 Å². The number of hydrogen-bond acceptors (Lipinski definition) is 3. The highest BCUT2D eigenvalue weighted by atomic mass is 32.2. The van der Waals surface area contributed by atoms with Crippen molar-refractivity contribution in [3.8, 4) is 12.3 Å². The van der Waals surface area contributed by atoms with Crippen LogP contribution in [-0.4, -0.2) is 40.7 Å². The van der Waals surface area contributed by atoms with Crippen molar-refractivity contribution < 1.29 is 14.7 Å². The molecule has 1 aliphatic rings. The maximum atomic E-state index is 11.5. The van der Waals surface area contributed by atoms with Gasteiger partial charge in [-0.05, 0) is 19.3 Å². The van der Waals surface area contributed by atoms with E-state index in [1.165, 1.54) is 0 Å². The summed E-state index contributed by atoms with van der Waals surface area (Å²) in [6.45, 7) is 0.480. The second kappa shape index (κ2) is 6.40. The van der Waals surface area contributed by atoms with Crippen molar-refractivity contribution in [2.45, 2.75) is 24.8 Å². The van der Waals surface area contributed by atoms with E-state index in [2.05, 4.69) is 16.6 Å². The van der Waals surface area contributed by atoms with E-state index in [4.69, 9.17) is 11.5 Å². The van der Waals surface area contributed by atoms with Gasteiger partial charge in [-0.1, -0.05) is 5.92 Å². The molecule has 0 aromatic heterocycles. The third-order valence-corrected chi connectivity index (χ3v) is 3.55. The highest BCUT2D eigenvalue weighted by Crippen LogP contribution is 2.31. The lowest BCUT2D eigenvalue weighted by molar-refractivity contribution is -0.148. The van der Waals surface area contributed by atoms with Crippen molar-refractivity contribution in [2.75, 3.05) is 18.1 Å². The van der Waals surface area contributed by atoms with Crippen LogP contribution in [0.5, 0.6) is 0 Å². The summed E-state index contributed by atoms with van der Waals surface area (Å²) in [5.41, 5.74) is -1.05. The van der Waals surface area contributed by atoms with Crippen molar-refractivity contribution in [1.82, 2.24) is 10.6 Å². The van der Waals surface area contributed by atoms with Crippen molar-refractivity contribution in [2.24, 2.45) is 0 Å². The Kier molecular flexibility index (Phi) is 5.16. The van der Waals surface area contributed by atoms with Gasteiger partial charge in [0.25, 0.3) is 0 Å². The van der Waals surface area contributed by atoms with Gasteiger partial charge in [0, 0.05) is 12.3 Å². The molecule has 6 heteroatoms. The average molecular weight is 256 g/mol. The lowest BCUT2D eigenvalue weighted by Crippen LogP contribution is -2.61. The van der Waals surface area contributed by atoms with E-state index in [9.17, 15) is 9.59 Å². The van der Waals surface area contributed by atoms with Crippen LogP contribution in [0.1, 0.15) is 19.3 Å². The lowest BCUT2D eigenvalue weighted by atomic mass is 9.77. The van der Waals surface area contributed by atoms with Gasteiger partial charge in [-0.2, -0.15) is 0 Å². The van der Waals surface area contributed by atoms with Crippen molar-refractivity contribution in [3.05, 3.63) is 0 Å². The number of rotatable bonds is 6. The minimum absolute atomic E-state index is 0.423. The molecular weight excluding hydrogens is 240 g/mol. The van der Waals surface area contributed by atoms with Gasteiger partial charge in [-0.3, -0.25) is 0 Å². The number of carboxylic acids is 1. The molecule has 0 atom stereocenters. The molecule has 1 aliphatic carbocycles. The van der Waals surface area contributed by atoms with Crippen molar-refractivity contribution in [1.29, 1.82) is 0 Å². The summed E-state index contributed by atoms with van der Waals surface area (Å²) in [4.78, 5) is 22.4. The number of carboxylic acid groups (broad SMARTS) is 1. The number of thioether (sulfide) groups is 1. The van der Waals surface area contributed by atoms with E-state index in [1.54, 1.807) is 11.8 Å². The normalized spacial score (nSPS) is 16.4. The molecule has 94 valence electrons. The maximum Gasteiger partial charge on any atom is 0.329 e. The van der Waals surface area contributed by atoms with Gasteiger partial charge in [0.05, 0.1) is 5.75 Å².